The van der Waals surface area contributed by atoms with Crippen molar-refractivity contribution in [2.45, 2.75) is 13.0 Å². The maximum absolute atomic E-state index is 5.82. The number of nitrogens with two attached hydrogens (primary N) is 1. The second kappa shape index (κ2) is 7.20. The first-order chi connectivity index (χ1) is 9.97. The summed E-state index contributed by atoms with van der Waals surface area (Å²) in [5.41, 5.74) is 6.48. The predicted octanol–water partition coefficient (Wildman–Crippen LogP) is 1.58. The molecule has 0 saturated carbocycles. The molecule has 0 aromatic heterocycles. The van der Waals surface area contributed by atoms with E-state index in [0.717, 1.165) is 30.9 Å². The third-order valence-electron chi connectivity index (χ3n) is 4.11. The molecule has 5 heteroatoms. The molecule has 2 atom stereocenters. The fourth-order valence-electron chi connectivity index (χ4n) is 2.93. The van der Waals surface area contributed by atoms with Crippen LogP contribution in [-0.4, -0.2) is 61.2 Å². The molecule has 0 aliphatic carbocycles. The number of benzene rings is 1. The Kier molecular flexibility index (Phi) is 5.56. The molecule has 1 aromatic rings. The molecule has 2 N–H and O–H groups in total. The van der Waals surface area contributed by atoms with Gasteiger partial charge in [0.2, 0.25) is 0 Å². The number of thiocarbonyl (C=S) groups is 1. The third-order valence-corrected chi connectivity index (χ3v) is 4.34. The highest BCUT2D eigenvalue weighted by atomic mass is 32.1. The monoisotopic (exact) mass is 307 g/mol. The zero-order chi connectivity index (χ0) is 15.4. The van der Waals surface area contributed by atoms with E-state index >= 15 is 0 Å². The van der Waals surface area contributed by atoms with E-state index < -0.39 is 0 Å². The van der Waals surface area contributed by atoms with E-state index in [-0.39, 0.29) is 0 Å². The minimum Gasteiger partial charge on any atom is -0.492 e. The Balaban J connectivity index is 1.80. The van der Waals surface area contributed by atoms with Crippen LogP contribution in [0.3, 0.4) is 0 Å². The minimum absolute atomic E-state index is 0.405. The van der Waals surface area contributed by atoms with Gasteiger partial charge in [0.1, 0.15) is 17.3 Å². The molecule has 1 fully saturated rings. The van der Waals surface area contributed by atoms with Crippen LogP contribution in [0.4, 0.5) is 0 Å². The number of hydrogen-bond donors (Lipinski definition) is 1. The van der Waals surface area contributed by atoms with Gasteiger partial charge in [0.05, 0.1) is 0 Å². The normalized spacial score (nSPS) is 22.7. The maximum atomic E-state index is 5.82. The van der Waals surface area contributed by atoms with Crippen molar-refractivity contribution in [1.82, 2.24) is 9.80 Å². The van der Waals surface area contributed by atoms with E-state index in [1.807, 2.05) is 24.3 Å². The quantitative estimate of drug-likeness (QED) is 0.808. The highest BCUT2D eigenvalue weighted by molar-refractivity contribution is 7.80. The zero-order valence-electron chi connectivity index (χ0n) is 13.1. The van der Waals surface area contributed by atoms with Gasteiger partial charge in [-0.3, -0.25) is 4.90 Å². The summed E-state index contributed by atoms with van der Waals surface area (Å²) in [5, 5.41) is 0. The maximum Gasteiger partial charge on any atom is 0.120 e. The molecule has 1 aliphatic heterocycles. The molecule has 116 valence electrons. The molecular formula is C16H25N3OS. The van der Waals surface area contributed by atoms with Crippen molar-refractivity contribution >= 4 is 17.2 Å². The van der Waals surface area contributed by atoms with E-state index in [1.165, 1.54) is 0 Å². The van der Waals surface area contributed by atoms with Crippen LogP contribution in [0.1, 0.15) is 12.5 Å². The second-order valence-corrected chi connectivity index (χ2v) is 6.45. The highest BCUT2D eigenvalue weighted by Crippen LogP contribution is 2.20. The van der Waals surface area contributed by atoms with Gasteiger partial charge < -0.3 is 15.4 Å². The molecule has 21 heavy (non-hydrogen) atoms. The van der Waals surface area contributed by atoms with Gasteiger partial charge in [-0.2, -0.15) is 0 Å². The summed E-state index contributed by atoms with van der Waals surface area (Å²) in [6.45, 7) is 6.21. The van der Waals surface area contributed by atoms with Crippen LogP contribution >= 0.6 is 12.2 Å². The summed E-state index contributed by atoms with van der Waals surface area (Å²) >= 11 is 4.98. The summed E-state index contributed by atoms with van der Waals surface area (Å²) in [4.78, 5) is 5.19. The topological polar surface area (TPSA) is 41.7 Å². The van der Waals surface area contributed by atoms with Gasteiger partial charge in [0.15, 0.2) is 0 Å². The lowest BCUT2D eigenvalue weighted by molar-refractivity contribution is 0.220. The van der Waals surface area contributed by atoms with Crippen LogP contribution in [0.25, 0.3) is 0 Å². The average Bonchev–Trinajstić information content (AvgIpc) is 2.80. The van der Waals surface area contributed by atoms with Crippen molar-refractivity contribution in [1.29, 1.82) is 0 Å². The molecule has 0 spiro atoms. The summed E-state index contributed by atoms with van der Waals surface area (Å²) < 4.78 is 5.82. The second-order valence-electron chi connectivity index (χ2n) is 6.01. The van der Waals surface area contributed by atoms with Gasteiger partial charge in [-0.1, -0.05) is 31.3 Å². The van der Waals surface area contributed by atoms with E-state index in [9.17, 15) is 0 Å². The van der Waals surface area contributed by atoms with Crippen LogP contribution in [-0.2, 0) is 0 Å². The molecule has 2 rings (SSSR count). The standard InChI is InChI=1S/C16H25N3OS/c1-12-10-19(11-15(12)18(2)3)7-8-20-14-6-4-5-13(9-14)16(17)21/h4-6,9,12,15H,7-8,10-11H2,1-3H3,(H2,17,21). The molecular weight excluding hydrogens is 282 g/mol. The number of likely N-dealkylation sites (N-methyl/N-ethyl adjacent to an activating group) is 1. The molecule has 0 amide bonds. The Bertz CT molecular complexity index is 492. The van der Waals surface area contributed by atoms with Crippen LogP contribution in [0.2, 0.25) is 0 Å². The van der Waals surface area contributed by atoms with Crippen molar-refractivity contribution in [3.63, 3.8) is 0 Å². The number of ether oxygens (including phenoxy) is 1. The van der Waals surface area contributed by atoms with Gasteiger partial charge >= 0.3 is 0 Å². The molecule has 1 saturated heterocycles. The average molecular weight is 307 g/mol. The summed E-state index contributed by atoms with van der Waals surface area (Å²) in [7, 11) is 4.31. The van der Waals surface area contributed by atoms with Crippen molar-refractivity contribution in [2.75, 3.05) is 40.3 Å². The Morgan fingerprint density at radius 2 is 2.19 bits per heavy atom. The molecule has 0 bridgehead atoms. The Labute approximate surface area is 132 Å². The summed E-state index contributed by atoms with van der Waals surface area (Å²) in [6.07, 6.45) is 0. The van der Waals surface area contributed by atoms with E-state index in [4.69, 9.17) is 22.7 Å². The van der Waals surface area contributed by atoms with Crippen LogP contribution in [0.15, 0.2) is 24.3 Å². The lowest BCUT2D eigenvalue weighted by Crippen LogP contribution is -2.35. The largest absolute Gasteiger partial charge is 0.492 e. The van der Waals surface area contributed by atoms with Crippen LogP contribution in [0, 0.1) is 5.92 Å². The lowest BCUT2D eigenvalue weighted by Gasteiger charge is -2.22. The minimum atomic E-state index is 0.405. The van der Waals surface area contributed by atoms with E-state index in [1.54, 1.807) is 0 Å². The van der Waals surface area contributed by atoms with Gasteiger partial charge in [0.25, 0.3) is 0 Å². The van der Waals surface area contributed by atoms with Crippen molar-refractivity contribution in [2.24, 2.45) is 11.7 Å². The molecule has 2 unspecified atom stereocenters. The number of hydrogen-bond acceptors (Lipinski definition) is 4. The Morgan fingerprint density at radius 3 is 2.81 bits per heavy atom. The summed E-state index contributed by atoms with van der Waals surface area (Å²) in [5.74, 6) is 1.54. The predicted molar refractivity (Wildman–Crippen MR) is 90.9 cm³/mol. The fraction of sp³-hybridized carbons (Fsp3) is 0.562. The van der Waals surface area contributed by atoms with E-state index in [0.29, 0.717) is 23.6 Å². The Morgan fingerprint density at radius 1 is 1.43 bits per heavy atom. The third kappa shape index (κ3) is 4.40. The molecule has 0 radical (unpaired) electrons. The van der Waals surface area contributed by atoms with Crippen LogP contribution < -0.4 is 10.5 Å². The number of nitrogens with zero attached hydrogens (tertiary/aromatic N) is 2. The van der Waals surface area contributed by atoms with Crippen LogP contribution in [0.5, 0.6) is 5.75 Å². The molecule has 4 nitrogen and oxygen atoms in total. The van der Waals surface area contributed by atoms with E-state index in [2.05, 4.69) is 30.8 Å². The fourth-order valence-corrected chi connectivity index (χ4v) is 3.06. The number of rotatable bonds is 6. The number of likely N-dealkylation sites (tertiary alicyclic amines) is 1. The molecule has 1 aromatic carbocycles. The smallest absolute Gasteiger partial charge is 0.120 e. The summed E-state index contributed by atoms with van der Waals surface area (Å²) in [6, 6.07) is 8.31. The van der Waals surface area contributed by atoms with Gasteiger partial charge in [0, 0.05) is 31.2 Å². The lowest BCUT2D eigenvalue weighted by atomic mass is 10.1. The first-order valence-electron chi connectivity index (χ1n) is 7.39. The van der Waals surface area contributed by atoms with Gasteiger partial charge in [-0.05, 0) is 32.1 Å². The SMILES string of the molecule is CC1CN(CCOc2cccc(C(N)=S)c2)CC1N(C)C. The molecule has 1 aliphatic rings. The zero-order valence-corrected chi connectivity index (χ0v) is 13.9. The molecule has 1 heterocycles. The highest BCUT2D eigenvalue weighted by Gasteiger charge is 2.30. The Hall–Kier alpha value is -1.17. The first kappa shape index (κ1) is 16.2. The van der Waals surface area contributed by atoms with Gasteiger partial charge in [-0.25, -0.2) is 0 Å². The van der Waals surface area contributed by atoms with Crippen molar-refractivity contribution in [3.8, 4) is 5.75 Å². The first-order valence-corrected chi connectivity index (χ1v) is 7.79. The van der Waals surface area contributed by atoms with Gasteiger partial charge in [-0.15, -0.1) is 0 Å². The van der Waals surface area contributed by atoms with Crippen molar-refractivity contribution < 1.29 is 4.74 Å². The van der Waals surface area contributed by atoms with Crippen molar-refractivity contribution in [3.05, 3.63) is 29.8 Å².